The zero-order valence-corrected chi connectivity index (χ0v) is 17.5. The van der Waals surface area contributed by atoms with E-state index < -0.39 is 0 Å². The third kappa shape index (κ3) is 4.27. The fraction of sp³-hybridized carbons (Fsp3) is 0.522. The van der Waals surface area contributed by atoms with E-state index in [-0.39, 0.29) is 12.0 Å². The van der Waals surface area contributed by atoms with Crippen LogP contribution >= 0.6 is 0 Å². The number of para-hydroxylation sites is 1. The highest BCUT2D eigenvalue weighted by atomic mass is 16.5. The molecule has 154 valence electrons. The molecule has 0 spiro atoms. The highest BCUT2D eigenvalue weighted by Gasteiger charge is 2.47. The van der Waals surface area contributed by atoms with Crippen LogP contribution in [0.25, 0.3) is 0 Å². The Morgan fingerprint density at radius 1 is 1.10 bits per heavy atom. The first-order chi connectivity index (χ1) is 14.0. The van der Waals surface area contributed by atoms with Crippen molar-refractivity contribution in [1.82, 2.24) is 19.8 Å². The number of likely N-dealkylation sites (tertiary alicyclic amines) is 2. The van der Waals surface area contributed by atoms with Gasteiger partial charge in [-0.2, -0.15) is 0 Å². The maximum Gasteiger partial charge on any atom is 0.274 e. The summed E-state index contributed by atoms with van der Waals surface area (Å²) in [5, 5.41) is 0. The molecule has 2 aliphatic rings. The highest BCUT2D eigenvalue weighted by Crippen LogP contribution is 2.36. The van der Waals surface area contributed by atoms with Gasteiger partial charge >= 0.3 is 0 Å². The Kier molecular flexibility index (Phi) is 5.81. The van der Waals surface area contributed by atoms with E-state index in [1.807, 2.05) is 42.2 Å². The molecule has 4 rings (SSSR count). The van der Waals surface area contributed by atoms with Crippen molar-refractivity contribution in [2.24, 2.45) is 5.92 Å². The number of nitrogens with zero attached hydrogens (tertiary/aromatic N) is 4. The Morgan fingerprint density at radius 3 is 2.45 bits per heavy atom. The van der Waals surface area contributed by atoms with Gasteiger partial charge in [0.15, 0.2) is 0 Å². The number of aromatic nitrogens is 2. The molecule has 1 aromatic heterocycles. The Bertz CT molecular complexity index is 817. The molecule has 6 heteroatoms. The van der Waals surface area contributed by atoms with Gasteiger partial charge in [-0.1, -0.05) is 18.2 Å². The highest BCUT2D eigenvalue weighted by molar-refractivity contribution is 5.92. The standard InChI is InChI=1S/C23H30N4O2/c1-16(2)27-15-21(29-19-7-5-4-6-8-19)22(27)18-9-11-26(12-10-18)23(28)20-14-24-17(3)13-25-20/h4-8,13-14,16,18,21-22H,9-12,15H2,1-3H3. The summed E-state index contributed by atoms with van der Waals surface area (Å²) in [5.74, 6) is 1.46. The Hall–Kier alpha value is -2.47. The SMILES string of the molecule is Cc1cnc(C(=O)N2CCC(C3C(Oc4ccccc4)CN3C(C)C)CC2)cn1. The molecular formula is C23H30N4O2. The fourth-order valence-corrected chi connectivity index (χ4v) is 4.53. The molecule has 2 saturated heterocycles. The van der Waals surface area contributed by atoms with E-state index >= 15 is 0 Å². The molecule has 0 N–H and O–H groups in total. The zero-order chi connectivity index (χ0) is 20.4. The first kappa shape index (κ1) is 19.8. The predicted octanol–water partition coefficient (Wildman–Crippen LogP) is 3.18. The van der Waals surface area contributed by atoms with Gasteiger partial charge in [0.05, 0.1) is 17.9 Å². The molecular weight excluding hydrogens is 364 g/mol. The van der Waals surface area contributed by atoms with Crippen LogP contribution in [-0.2, 0) is 0 Å². The van der Waals surface area contributed by atoms with Gasteiger partial charge in [-0.15, -0.1) is 0 Å². The topological polar surface area (TPSA) is 58.6 Å². The monoisotopic (exact) mass is 394 g/mol. The van der Waals surface area contributed by atoms with Crippen LogP contribution in [0.3, 0.4) is 0 Å². The lowest BCUT2D eigenvalue weighted by atomic mass is 9.79. The normalized spacial score (nSPS) is 23.1. The third-order valence-corrected chi connectivity index (χ3v) is 6.16. The summed E-state index contributed by atoms with van der Waals surface area (Å²) < 4.78 is 6.31. The minimum atomic E-state index is -0.0117. The molecule has 1 aromatic carbocycles. The maximum atomic E-state index is 12.7. The summed E-state index contributed by atoms with van der Waals surface area (Å²) in [6.45, 7) is 8.87. The van der Waals surface area contributed by atoms with E-state index in [9.17, 15) is 4.79 Å². The number of carbonyl (C=O) groups excluding carboxylic acids is 1. The predicted molar refractivity (Wildman–Crippen MR) is 112 cm³/mol. The van der Waals surface area contributed by atoms with Gasteiger partial charge < -0.3 is 9.64 Å². The number of benzene rings is 1. The summed E-state index contributed by atoms with van der Waals surface area (Å²) in [6, 6.07) is 11.0. The molecule has 2 fully saturated rings. The van der Waals surface area contributed by atoms with Crippen LogP contribution in [0, 0.1) is 12.8 Å². The Balaban J connectivity index is 1.38. The van der Waals surface area contributed by atoms with Crippen LogP contribution in [-0.4, -0.2) is 63.5 Å². The number of ether oxygens (including phenoxy) is 1. The molecule has 2 atom stereocenters. The van der Waals surface area contributed by atoms with Crippen molar-refractivity contribution >= 4 is 5.91 Å². The van der Waals surface area contributed by atoms with Crippen LogP contribution < -0.4 is 4.74 Å². The van der Waals surface area contributed by atoms with Crippen molar-refractivity contribution in [3.05, 3.63) is 54.1 Å². The zero-order valence-electron chi connectivity index (χ0n) is 17.5. The van der Waals surface area contributed by atoms with E-state index in [1.54, 1.807) is 12.4 Å². The van der Waals surface area contributed by atoms with Crippen LogP contribution in [0.1, 0.15) is 42.9 Å². The van der Waals surface area contributed by atoms with Crippen molar-refractivity contribution < 1.29 is 9.53 Å². The van der Waals surface area contributed by atoms with Gasteiger partial charge in [-0.05, 0) is 51.7 Å². The molecule has 2 unspecified atom stereocenters. The maximum absolute atomic E-state index is 12.7. The van der Waals surface area contributed by atoms with E-state index in [2.05, 4.69) is 28.7 Å². The van der Waals surface area contributed by atoms with Crippen LogP contribution in [0.4, 0.5) is 0 Å². The number of hydrogen-bond donors (Lipinski definition) is 0. The lowest BCUT2D eigenvalue weighted by molar-refractivity contribution is -0.0983. The van der Waals surface area contributed by atoms with E-state index in [1.165, 1.54) is 0 Å². The molecule has 3 heterocycles. The van der Waals surface area contributed by atoms with Crippen LogP contribution in [0.15, 0.2) is 42.7 Å². The molecule has 0 radical (unpaired) electrons. The second kappa shape index (κ2) is 8.49. The first-order valence-corrected chi connectivity index (χ1v) is 10.6. The lowest BCUT2D eigenvalue weighted by Gasteiger charge is -2.54. The van der Waals surface area contributed by atoms with E-state index in [4.69, 9.17) is 4.74 Å². The minimum absolute atomic E-state index is 0.0117. The Morgan fingerprint density at radius 2 is 1.83 bits per heavy atom. The largest absolute Gasteiger partial charge is 0.487 e. The quantitative estimate of drug-likeness (QED) is 0.780. The summed E-state index contributed by atoms with van der Waals surface area (Å²) >= 11 is 0. The van der Waals surface area contributed by atoms with Crippen molar-refractivity contribution in [3.63, 3.8) is 0 Å². The number of amides is 1. The lowest BCUT2D eigenvalue weighted by Crippen LogP contribution is -2.68. The number of aryl methyl sites for hydroxylation is 1. The third-order valence-electron chi connectivity index (χ3n) is 6.16. The molecule has 2 aromatic rings. The molecule has 0 bridgehead atoms. The summed E-state index contributed by atoms with van der Waals surface area (Å²) in [5.41, 5.74) is 1.26. The number of hydrogen-bond acceptors (Lipinski definition) is 5. The summed E-state index contributed by atoms with van der Waals surface area (Å²) in [7, 11) is 0. The average molecular weight is 395 g/mol. The molecule has 0 saturated carbocycles. The van der Waals surface area contributed by atoms with Gasteiger partial charge in [-0.3, -0.25) is 14.7 Å². The fourth-order valence-electron chi connectivity index (χ4n) is 4.53. The van der Waals surface area contributed by atoms with Gasteiger partial charge in [0.2, 0.25) is 0 Å². The molecule has 1 amide bonds. The van der Waals surface area contributed by atoms with Gasteiger partial charge in [0, 0.05) is 31.9 Å². The van der Waals surface area contributed by atoms with Crippen molar-refractivity contribution in [2.45, 2.75) is 51.8 Å². The number of carbonyl (C=O) groups is 1. The summed E-state index contributed by atoms with van der Waals surface area (Å²) in [6.07, 6.45) is 5.44. The van der Waals surface area contributed by atoms with Gasteiger partial charge in [0.25, 0.3) is 5.91 Å². The van der Waals surface area contributed by atoms with Crippen LogP contribution in [0.5, 0.6) is 5.75 Å². The van der Waals surface area contributed by atoms with E-state index in [0.717, 1.165) is 43.9 Å². The summed E-state index contributed by atoms with van der Waals surface area (Å²) in [4.78, 5) is 25.7. The average Bonchev–Trinajstić information content (AvgIpc) is 2.72. The van der Waals surface area contributed by atoms with Gasteiger partial charge in [-0.25, -0.2) is 4.98 Å². The number of rotatable bonds is 5. The second-order valence-electron chi connectivity index (χ2n) is 8.42. The van der Waals surface area contributed by atoms with Crippen molar-refractivity contribution in [3.8, 4) is 5.75 Å². The molecule has 0 aliphatic carbocycles. The van der Waals surface area contributed by atoms with E-state index in [0.29, 0.717) is 23.7 Å². The first-order valence-electron chi connectivity index (χ1n) is 10.6. The van der Waals surface area contributed by atoms with Crippen LogP contribution in [0.2, 0.25) is 0 Å². The number of piperidine rings is 1. The Labute approximate surface area is 172 Å². The van der Waals surface area contributed by atoms with Crippen molar-refractivity contribution in [1.29, 1.82) is 0 Å². The van der Waals surface area contributed by atoms with Crippen molar-refractivity contribution in [2.75, 3.05) is 19.6 Å². The molecule has 6 nitrogen and oxygen atoms in total. The second-order valence-corrected chi connectivity index (χ2v) is 8.42. The molecule has 2 aliphatic heterocycles. The molecule has 29 heavy (non-hydrogen) atoms. The minimum Gasteiger partial charge on any atom is -0.487 e. The van der Waals surface area contributed by atoms with Gasteiger partial charge in [0.1, 0.15) is 17.5 Å². The smallest absolute Gasteiger partial charge is 0.274 e.